The molecule has 1 aromatic carbocycles. The number of hydrogen-bond acceptors (Lipinski definition) is 5. The Bertz CT molecular complexity index is 907. The molecule has 2 aromatic rings. The number of nitriles is 1. The summed E-state index contributed by atoms with van der Waals surface area (Å²) in [6.07, 6.45) is 1.39. The van der Waals surface area contributed by atoms with Crippen LogP contribution in [-0.2, 0) is 4.79 Å². The number of carbonyl (C=O) groups excluding carboxylic acids is 1. The molecular weight excluding hydrogens is 402 g/mol. The fourth-order valence-corrected chi connectivity index (χ4v) is 2.92. The number of carbonyl (C=O) groups is 1. The van der Waals surface area contributed by atoms with Gasteiger partial charge in [-0.15, -0.1) is 0 Å². The van der Waals surface area contributed by atoms with Crippen molar-refractivity contribution in [3.63, 3.8) is 0 Å². The van der Waals surface area contributed by atoms with Crippen LogP contribution < -0.4 is 0 Å². The highest BCUT2D eigenvalue weighted by atomic mass is 79.9. The average Bonchev–Trinajstić information content (AvgIpc) is 3.08. The van der Waals surface area contributed by atoms with E-state index in [1.807, 2.05) is 19.9 Å². The number of likely N-dealkylation sites (N-methyl/N-ethyl adjacent to an activating group) is 1. The fourth-order valence-electron chi connectivity index (χ4n) is 2.36. The summed E-state index contributed by atoms with van der Waals surface area (Å²) in [6, 6.07) is 9.55. The molecule has 8 heteroatoms. The summed E-state index contributed by atoms with van der Waals surface area (Å²) >= 11 is 3.29. The molecule has 0 N–H and O–H groups in total. The van der Waals surface area contributed by atoms with E-state index in [4.69, 9.17) is 4.42 Å². The molecule has 0 bridgehead atoms. The molecule has 2 rings (SSSR count). The standard InChI is InChI=1S/C18H16BrN3O4/c1-3-21(4-2)18(23)12(11-20)9-14-6-8-17(26-14)15-7-5-13(22(24)25)10-16(15)19/h5-10H,3-4H2,1-2H3. The zero-order chi connectivity index (χ0) is 19.3. The highest BCUT2D eigenvalue weighted by Crippen LogP contribution is 2.33. The first-order valence-corrected chi connectivity index (χ1v) is 8.65. The number of non-ortho nitro benzene ring substituents is 1. The summed E-state index contributed by atoms with van der Waals surface area (Å²) in [4.78, 5) is 24.2. The maximum Gasteiger partial charge on any atom is 0.270 e. The van der Waals surface area contributed by atoms with Crippen molar-refractivity contribution in [1.82, 2.24) is 4.90 Å². The van der Waals surface area contributed by atoms with E-state index in [-0.39, 0.29) is 17.2 Å². The van der Waals surface area contributed by atoms with Crippen molar-refractivity contribution in [2.75, 3.05) is 13.1 Å². The van der Waals surface area contributed by atoms with E-state index < -0.39 is 4.92 Å². The molecule has 7 nitrogen and oxygen atoms in total. The minimum atomic E-state index is -0.483. The minimum absolute atomic E-state index is 0.0163. The number of nitrogens with zero attached hydrogens (tertiary/aromatic N) is 3. The summed E-state index contributed by atoms with van der Waals surface area (Å²) < 4.78 is 6.19. The number of halogens is 1. The molecule has 0 fully saturated rings. The summed E-state index contributed by atoms with van der Waals surface area (Å²) in [5.41, 5.74) is 0.574. The van der Waals surface area contributed by atoms with Gasteiger partial charge in [0.2, 0.25) is 0 Å². The predicted molar refractivity (Wildman–Crippen MR) is 100 cm³/mol. The second-order valence-corrected chi connectivity index (χ2v) is 6.12. The molecule has 1 amide bonds. The SMILES string of the molecule is CCN(CC)C(=O)C(C#N)=Cc1ccc(-c2ccc([N+](=O)[O-])cc2Br)o1. The van der Waals surface area contributed by atoms with Gasteiger partial charge in [-0.1, -0.05) is 0 Å². The molecule has 1 aromatic heterocycles. The Kier molecular flexibility index (Phi) is 6.31. The summed E-state index contributed by atoms with van der Waals surface area (Å²) in [6.45, 7) is 4.70. The van der Waals surface area contributed by atoms with Gasteiger partial charge >= 0.3 is 0 Å². The van der Waals surface area contributed by atoms with Crippen molar-refractivity contribution in [1.29, 1.82) is 5.26 Å². The van der Waals surface area contributed by atoms with E-state index in [2.05, 4.69) is 15.9 Å². The first-order valence-electron chi connectivity index (χ1n) is 7.86. The van der Waals surface area contributed by atoms with Crippen molar-refractivity contribution >= 4 is 33.6 Å². The molecule has 0 aliphatic heterocycles. The summed E-state index contributed by atoms with van der Waals surface area (Å²) in [7, 11) is 0. The Morgan fingerprint density at radius 1 is 1.35 bits per heavy atom. The van der Waals surface area contributed by atoms with Crippen LogP contribution in [0.5, 0.6) is 0 Å². The summed E-state index contributed by atoms with van der Waals surface area (Å²) in [5.74, 6) is 0.458. The van der Waals surface area contributed by atoms with Crippen molar-refractivity contribution in [2.45, 2.75) is 13.8 Å². The lowest BCUT2D eigenvalue weighted by Gasteiger charge is -2.17. The van der Waals surface area contributed by atoms with Crippen molar-refractivity contribution in [3.05, 3.63) is 56.3 Å². The highest BCUT2D eigenvalue weighted by molar-refractivity contribution is 9.10. The number of furan rings is 1. The molecule has 0 saturated heterocycles. The monoisotopic (exact) mass is 417 g/mol. The number of hydrogen-bond donors (Lipinski definition) is 0. The van der Waals surface area contributed by atoms with Gasteiger partial charge in [-0.3, -0.25) is 14.9 Å². The van der Waals surface area contributed by atoms with E-state index in [1.165, 1.54) is 18.2 Å². The molecule has 26 heavy (non-hydrogen) atoms. The van der Waals surface area contributed by atoms with Crippen LogP contribution in [0.3, 0.4) is 0 Å². The quantitative estimate of drug-likeness (QED) is 0.300. The van der Waals surface area contributed by atoms with Crippen LogP contribution >= 0.6 is 15.9 Å². The van der Waals surface area contributed by atoms with Gasteiger partial charge in [0.15, 0.2) is 0 Å². The molecule has 0 spiro atoms. The smallest absolute Gasteiger partial charge is 0.270 e. The molecule has 0 aliphatic rings. The molecule has 1 heterocycles. The Hall–Kier alpha value is -2.92. The van der Waals surface area contributed by atoms with Crippen LogP contribution in [0.4, 0.5) is 5.69 Å². The van der Waals surface area contributed by atoms with E-state index >= 15 is 0 Å². The second kappa shape index (κ2) is 8.45. The highest BCUT2D eigenvalue weighted by Gasteiger charge is 2.17. The Balaban J connectivity index is 2.33. The third-order valence-corrected chi connectivity index (χ3v) is 4.40. The number of benzene rings is 1. The molecule has 0 radical (unpaired) electrons. The first kappa shape index (κ1) is 19.4. The van der Waals surface area contributed by atoms with Crippen LogP contribution in [0.25, 0.3) is 17.4 Å². The van der Waals surface area contributed by atoms with Gasteiger partial charge in [-0.05, 0) is 48.0 Å². The van der Waals surface area contributed by atoms with Crippen molar-refractivity contribution in [2.24, 2.45) is 0 Å². The topological polar surface area (TPSA) is 100 Å². The zero-order valence-electron chi connectivity index (χ0n) is 14.2. The predicted octanol–water partition coefficient (Wildman–Crippen LogP) is 4.39. The van der Waals surface area contributed by atoms with E-state index in [1.54, 1.807) is 23.1 Å². The van der Waals surface area contributed by atoms with Crippen LogP contribution in [0.1, 0.15) is 19.6 Å². The molecule has 0 aliphatic carbocycles. The normalized spacial score (nSPS) is 11.1. The van der Waals surface area contributed by atoms with Gasteiger partial charge in [0.05, 0.1) is 4.92 Å². The lowest BCUT2D eigenvalue weighted by molar-refractivity contribution is -0.384. The van der Waals surface area contributed by atoms with Gasteiger partial charge < -0.3 is 9.32 Å². The van der Waals surface area contributed by atoms with Gasteiger partial charge in [0.1, 0.15) is 23.2 Å². The number of nitro groups is 1. The number of nitro benzene ring substituents is 1. The molecule has 0 saturated carbocycles. The Labute approximate surface area is 158 Å². The lowest BCUT2D eigenvalue weighted by Crippen LogP contribution is -2.31. The van der Waals surface area contributed by atoms with Crippen molar-refractivity contribution < 1.29 is 14.1 Å². The number of rotatable bonds is 6. The Morgan fingerprint density at radius 2 is 2.04 bits per heavy atom. The van der Waals surface area contributed by atoms with Crippen LogP contribution in [-0.4, -0.2) is 28.8 Å². The van der Waals surface area contributed by atoms with Crippen molar-refractivity contribution in [3.8, 4) is 17.4 Å². The van der Waals surface area contributed by atoms with Gasteiger partial charge in [0.25, 0.3) is 11.6 Å². The average molecular weight is 418 g/mol. The molecule has 134 valence electrons. The Morgan fingerprint density at radius 3 is 2.58 bits per heavy atom. The largest absolute Gasteiger partial charge is 0.457 e. The van der Waals surface area contributed by atoms with Gasteiger partial charge in [-0.2, -0.15) is 5.26 Å². The van der Waals surface area contributed by atoms with Crippen LogP contribution in [0, 0.1) is 21.4 Å². The van der Waals surface area contributed by atoms with E-state index in [9.17, 15) is 20.2 Å². The maximum absolute atomic E-state index is 12.3. The molecule has 0 unspecified atom stereocenters. The van der Waals surface area contributed by atoms with Crippen LogP contribution in [0.2, 0.25) is 0 Å². The van der Waals surface area contributed by atoms with E-state index in [0.29, 0.717) is 34.6 Å². The first-order chi connectivity index (χ1) is 12.4. The second-order valence-electron chi connectivity index (χ2n) is 5.27. The molecular formula is C18H16BrN3O4. The van der Waals surface area contributed by atoms with Crippen LogP contribution in [0.15, 0.2) is 44.8 Å². The molecule has 0 atom stereocenters. The fraction of sp³-hybridized carbons (Fsp3) is 0.222. The van der Waals surface area contributed by atoms with Gasteiger partial charge in [0, 0.05) is 41.3 Å². The maximum atomic E-state index is 12.3. The zero-order valence-corrected chi connectivity index (χ0v) is 15.8. The lowest BCUT2D eigenvalue weighted by atomic mass is 10.1. The third kappa shape index (κ3) is 4.18. The number of amides is 1. The van der Waals surface area contributed by atoms with E-state index in [0.717, 1.165) is 0 Å². The minimum Gasteiger partial charge on any atom is -0.457 e. The van der Waals surface area contributed by atoms with Gasteiger partial charge in [-0.25, -0.2) is 0 Å². The third-order valence-electron chi connectivity index (χ3n) is 3.74. The summed E-state index contributed by atoms with van der Waals surface area (Å²) in [5, 5.41) is 20.1.